The van der Waals surface area contributed by atoms with Gasteiger partial charge in [-0.05, 0) is 58.2 Å². The molecule has 2 aromatic heterocycles. The van der Waals surface area contributed by atoms with Crippen molar-refractivity contribution < 1.29 is 18.8 Å². The van der Waals surface area contributed by atoms with Crippen LogP contribution >= 0.6 is 0 Å². The summed E-state index contributed by atoms with van der Waals surface area (Å²) in [6.07, 6.45) is 6.60. The van der Waals surface area contributed by atoms with E-state index in [1.807, 2.05) is 42.4 Å². The molecule has 0 aliphatic carbocycles. The predicted octanol–water partition coefficient (Wildman–Crippen LogP) is 3.74. The average Bonchev–Trinajstić information content (AvgIpc) is 3.09. The van der Waals surface area contributed by atoms with Gasteiger partial charge in [-0.25, -0.2) is 4.79 Å². The van der Waals surface area contributed by atoms with E-state index >= 15 is 0 Å². The minimum atomic E-state index is -0.782. The van der Waals surface area contributed by atoms with Crippen LogP contribution in [0, 0.1) is 20.8 Å². The molecule has 0 radical (unpaired) electrons. The van der Waals surface area contributed by atoms with Gasteiger partial charge < -0.3 is 14.2 Å². The third-order valence-electron chi connectivity index (χ3n) is 5.27. The SMILES string of the molecule is Cc1cc(-n2c(C)cc(/C=C/C(=O)O[C@@H](C)C(=O)N3CCCCCC3)c2C)no1. The van der Waals surface area contributed by atoms with E-state index in [0.717, 1.165) is 61.5 Å². The molecule has 1 amide bonds. The van der Waals surface area contributed by atoms with E-state index in [4.69, 9.17) is 9.26 Å². The van der Waals surface area contributed by atoms with Gasteiger partial charge >= 0.3 is 5.97 Å². The Bertz CT molecular complexity index is 901. The molecule has 7 nitrogen and oxygen atoms in total. The first-order valence-corrected chi connectivity index (χ1v) is 10.2. The zero-order valence-electron chi connectivity index (χ0n) is 17.6. The Hall–Kier alpha value is -2.83. The van der Waals surface area contributed by atoms with Crippen LogP contribution < -0.4 is 0 Å². The van der Waals surface area contributed by atoms with Gasteiger partial charge in [0, 0.05) is 36.6 Å². The molecule has 2 aromatic rings. The van der Waals surface area contributed by atoms with Gasteiger partial charge in [0.1, 0.15) is 5.76 Å². The molecule has 3 rings (SSSR count). The van der Waals surface area contributed by atoms with Crippen molar-refractivity contribution in [3.05, 3.63) is 40.9 Å². The molecule has 0 spiro atoms. The second-order valence-electron chi connectivity index (χ2n) is 7.61. The first-order chi connectivity index (χ1) is 13.9. The van der Waals surface area contributed by atoms with Crippen molar-refractivity contribution in [2.45, 2.75) is 59.5 Å². The van der Waals surface area contributed by atoms with Crippen LogP contribution in [0.1, 0.15) is 55.3 Å². The highest BCUT2D eigenvalue weighted by Gasteiger charge is 2.23. The molecule has 7 heteroatoms. The normalized spacial score (nSPS) is 16.1. The third kappa shape index (κ3) is 4.96. The summed E-state index contributed by atoms with van der Waals surface area (Å²) >= 11 is 0. The number of rotatable bonds is 5. The van der Waals surface area contributed by atoms with Gasteiger partial charge in [0.2, 0.25) is 0 Å². The molecule has 3 heterocycles. The van der Waals surface area contributed by atoms with Crippen LogP contribution in [0.25, 0.3) is 11.9 Å². The number of hydrogen-bond donors (Lipinski definition) is 0. The Kier molecular flexibility index (Phi) is 6.56. The lowest BCUT2D eigenvalue weighted by Gasteiger charge is -2.23. The molecule has 0 aromatic carbocycles. The van der Waals surface area contributed by atoms with Crippen molar-refractivity contribution in [1.29, 1.82) is 0 Å². The van der Waals surface area contributed by atoms with E-state index in [-0.39, 0.29) is 5.91 Å². The Labute approximate surface area is 171 Å². The molecule has 156 valence electrons. The average molecular weight is 399 g/mol. The number of carbonyl (C=O) groups is 2. The summed E-state index contributed by atoms with van der Waals surface area (Å²) < 4.78 is 12.5. The first kappa shape index (κ1) is 20.9. The van der Waals surface area contributed by atoms with Gasteiger partial charge in [0.25, 0.3) is 5.91 Å². The third-order valence-corrected chi connectivity index (χ3v) is 5.27. The van der Waals surface area contributed by atoms with Crippen LogP contribution in [-0.4, -0.2) is 45.7 Å². The van der Waals surface area contributed by atoms with E-state index in [1.165, 1.54) is 6.08 Å². The van der Waals surface area contributed by atoms with Gasteiger partial charge in [-0.3, -0.25) is 9.36 Å². The van der Waals surface area contributed by atoms with Crippen LogP contribution in [-0.2, 0) is 14.3 Å². The van der Waals surface area contributed by atoms with E-state index in [1.54, 1.807) is 13.0 Å². The summed E-state index contributed by atoms with van der Waals surface area (Å²) in [6, 6.07) is 3.83. The number of aryl methyl sites for hydroxylation is 2. The molecule has 1 fully saturated rings. The van der Waals surface area contributed by atoms with E-state index in [2.05, 4.69) is 5.16 Å². The molecule has 0 saturated carbocycles. The minimum Gasteiger partial charge on any atom is -0.449 e. The summed E-state index contributed by atoms with van der Waals surface area (Å²) in [7, 11) is 0. The van der Waals surface area contributed by atoms with Crippen LogP contribution in [0.15, 0.2) is 22.7 Å². The lowest BCUT2D eigenvalue weighted by molar-refractivity contribution is -0.155. The molecule has 29 heavy (non-hydrogen) atoms. The van der Waals surface area contributed by atoms with E-state index in [0.29, 0.717) is 5.82 Å². The Morgan fingerprint density at radius 3 is 2.45 bits per heavy atom. The van der Waals surface area contributed by atoms with Gasteiger partial charge in [0.05, 0.1) is 0 Å². The molecule has 1 aliphatic heterocycles. The number of esters is 1. The Morgan fingerprint density at radius 1 is 1.14 bits per heavy atom. The predicted molar refractivity (Wildman–Crippen MR) is 110 cm³/mol. The van der Waals surface area contributed by atoms with Crippen LogP contribution in [0.3, 0.4) is 0 Å². The number of likely N-dealkylation sites (tertiary alicyclic amines) is 1. The number of amides is 1. The molecule has 0 N–H and O–H groups in total. The molecular formula is C22H29N3O4. The maximum absolute atomic E-state index is 12.5. The van der Waals surface area contributed by atoms with Crippen molar-refractivity contribution in [1.82, 2.24) is 14.6 Å². The molecule has 1 atom stereocenters. The zero-order chi connectivity index (χ0) is 21.0. The summed E-state index contributed by atoms with van der Waals surface area (Å²) in [5.41, 5.74) is 2.80. The molecule has 0 unspecified atom stereocenters. The van der Waals surface area contributed by atoms with Crippen LogP contribution in [0.5, 0.6) is 0 Å². The van der Waals surface area contributed by atoms with E-state index < -0.39 is 12.1 Å². The lowest BCUT2D eigenvalue weighted by Crippen LogP contribution is -2.40. The molecule has 1 saturated heterocycles. The smallest absolute Gasteiger partial charge is 0.331 e. The monoisotopic (exact) mass is 399 g/mol. The van der Waals surface area contributed by atoms with E-state index in [9.17, 15) is 9.59 Å². The molecule has 0 bridgehead atoms. The number of ether oxygens (including phenoxy) is 1. The maximum atomic E-state index is 12.5. The topological polar surface area (TPSA) is 77.6 Å². The maximum Gasteiger partial charge on any atom is 0.331 e. The first-order valence-electron chi connectivity index (χ1n) is 10.2. The Balaban J connectivity index is 1.64. The standard InChI is InChI=1S/C22H29N3O4/c1-15-13-19(17(3)25(15)20-14-16(2)29-23-20)9-10-21(26)28-18(4)22(27)24-11-7-5-6-8-12-24/h9-10,13-14,18H,5-8,11-12H2,1-4H3/b10-9+/t18-/m0/s1. The van der Waals surface area contributed by atoms with Crippen molar-refractivity contribution in [3.8, 4) is 5.82 Å². The molecule has 1 aliphatic rings. The van der Waals surface area contributed by atoms with Crippen molar-refractivity contribution in [3.63, 3.8) is 0 Å². The summed E-state index contributed by atoms with van der Waals surface area (Å²) in [6.45, 7) is 8.88. The lowest BCUT2D eigenvalue weighted by atomic mass is 10.2. The fraction of sp³-hybridized carbons (Fsp3) is 0.500. The van der Waals surface area contributed by atoms with Crippen LogP contribution in [0.2, 0.25) is 0 Å². The van der Waals surface area contributed by atoms with Gasteiger partial charge in [0.15, 0.2) is 11.9 Å². The fourth-order valence-electron chi connectivity index (χ4n) is 3.74. The van der Waals surface area contributed by atoms with Gasteiger partial charge in [-0.1, -0.05) is 18.0 Å². The minimum absolute atomic E-state index is 0.117. The summed E-state index contributed by atoms with van der Waals surface area (Å²) in [5, 5.41) is 4.06. The number of hydrogen-bond acceptors (Lipinski definition) is 5. The number of carbonyl (C=O) groups excluding carboxylic acids is 2. The van der Waals surface area contributed by atoms with Crippen LogP contribution in [0.4, 0.5) is 0 Å². The highest BCUT2D eigenvalue weighted by atomic mass is 16.5. The fourth-order valence-corrected chi connectivity index (χ4v) is 3.74. The Morgan fingerprint density at radius 2 is 1.83 bits per heavy atom. The van der Waals surface area contributed by atoms with Crippen molar-refractivity contribution in [2.75, 3.05) is 13.1 Å². The number of aromatic nitrogens is 2. The highest BCUT2D eigenvalue weighted by molar-refractivity contribution is 5.90. The quantitative estimate of drug-likeness (QED) is 0.565. The van der Waals surface area contributed by atoms with Gasteiger partial charge in [-0.2, -0.15) is 0 Å². The zero-order valence-corrected chi connectivity index (χ0v) is 17.6. The highest BCUT2D eigenvalue weighted by Crippen LogP contribution is 2.21. The number of nitrogens with zero attached hydrogens (tertiary/aromatic N) is 3. The largest absolute Gasteiger partial charge is 0.449 e. The molecular weight excluding hydrogens is 370 g/mol. The van der Waals surface area contributed by atoms with Crippen molar-refractivity contribution in [2.24, 2.45) is 0 Å². The summed E-state index contributed by atoms with van der Waals surface area (Å²) in [5.74, 6) is 0.795. The summed E-state index contributed by atoms with van der Waals surface area (Å²) in [4.78, 5) is 26.6. The van der Waals surface area contributed by atoms with Gasteiger partial charge in [-0.15, -0.1) is 0 Å². The second kappa shape index (κ2) is 9.11. The van der Waals surface area contributed by atoms with Crippen molar-refractivity contribution >= 4 is 18.0 Å². The second-order valence-corrected chi connectivity index (χ2v) is 7.61.